The molecule has 0 radical (unpaired) electrons. The molecule has 1 aliphatic heterocycles. The van der Waals surface area contributed by atoms with E-state index in [-0.39, 0.29) is 24.8 Å². The number of benzene rings is 2. The number of carbonyl (C=O) groups is 2. The molecule has 1 heterocycles. The van der Waals surface area contributed by atoms with Crippen LogP contribution in [0.4, 0.5) is 5.69 Å². The number of thioether (sulfide) groups is 1. The van der Waals surface area contributed by atoms with Gasteiger partial charge in [-0.3, -0.25) is 9.59 Å². The minimum atomic E-state index is -0.531. The third kappa shape index (κ3) is 4.84. The first kappa shape index (κ1) is 17.5. The highest BCUT2D eigenvalue weighted by molar-refractivity contribution is 8.15. The van der Waals surface area contributed by atoms with Crippen molar-refractivity contribution >= 4 is 45.9 Å². The van der Waals surface area contributed by atoms with Crippen molar-refractivity contribution in [1.29, 1.82) is 0 Å². The lowest BCUT2D eigenvalue weighted by molar-refractivity contribution is -0.121. The Labute approximate surface area is 154 Å². The summed E-state index contributed by atoms with van der Waals surface area (Å²) in [6.07, 6.45) is 0.0348. The predicted octanol–water partition coefficient (Wildman–Crippen LogP) is 3.79. The number of hydrogen-bond donors (Lipinski definition) is 1. The van der Waals surface area contributed by atoms with E-state index in [4.69, 9.17) is 16.3 Å². The van der Waals surface area contributed by atoms with Crippen LogP contribution < -0.4 is 10.1 Å². The van der Waals surface area contributed by atoms with Crippen LogP contribution in [0.2, 0.25) is 5.02 Å². The number of anilines is 1. The number of rotatable bonds is 6. The van der Waals surface area contributed by atoms with Crippen molar-refractivity contribution in [2.24, 2.45) is 4.99 Å². The van der Waals surface area contributed by atoms with Gasteiger partial charge in [0.15, 0.2) is 0 Å². The van der Waals surface area contributed by atoms with E-state index in [1.54, 1.807) is 24.3 Å². The molecular weight excluding hydrogens is 360 g/mol. The highest BCUT2D eigenvalue weighted by Gasteiger charge is 2.30. The van der Waals surface area contributed by atoms with E-state index in [0.717, 1.165) is 0 Å². The molecule has 2 amide bonds. The molecule has 0 spiro atoms. The fourth-order valence-electron chi connectivity index (χ4n) is 2.23. The lowest BCUT2D eigenvalue weighted by Crippen LogP contribution is -2.21. The first-order valence-electron chi connectivity index (χ1n) is 7.62. The molecule has 0 saturated heterocycles. The maximum absolute atomic E-state index is 12.1. The van der Waals surface area contributed by atoms with Crippen molar-refractivity contribution in [3.05, 3.63) is 59.6 Å². The summed E-state index contributed by atoms with van der Waals surface area (Å²) in [7, 11) is 0. The Balaban J connectivity index is 1.50. The van der Waals surface area contributed by atoms with E-state index in [2.05, 4.69) is 10.3 Å². The number of amides is 2. The summed E-state index contributed by atoms with van der Waals surface area (Å²) < 4.78 is 5.58. The van der Waals surface area contributed by atoms with E-state index in [1.807, 2.05) is 30.3 Å². The number of halogens is 1. The van der Waals surface area contributed by atoms with Crippen molar-refractivity contribution in [3.8, 4) is 5.75 Å². The fraction of sp³-hybridized carbons (Fsp3) is 0.167. The summed E-state index contributed by atoms with van der Waals surface area (Å²) >= 11 is 7.27. The molecule has 128 valence electrons. The van der Waals surface area contributed by atoms with Crippen LogP contribution in [-0.4, -0.2) is 28.7 Å². The summed E-state index contributed by atoms with van der Waals surface area (Å²) in [4.78, 5) is 28.1. The Morgan fingerprint density at radius 3 is 2.64 bits per heavy atom. The SMILES string of the molecule is O=C(C[C@H]1SC(COc2ccccc2)=NC1=O)Nc1ccccc1Cl. The summed E-state index contributed by atoms with van der Waals surface area (Å²) in [5.41, 5.74) is 0.526. The zero-order valence-electron chi connectivity index (χ0n) is 13.1. The lowest BCUT2D eigenvalue weighted by atomic mass is 10.2. The average molecular weight is 375 g/mol. The molecule has 1 atom stereocenters. The third-order valence-electron chi connectivity index (χ3n) is 3.41. The largest absolute Gasteiger partial charge is 0.487 e. The maximum Gasteiger partial charge on any atom is 0.260 e. The minimum Gasteiger partial charge on any atom is -0.487 e. The number of para-hydroxylation sites is 2. The molecule has 0 fully saturated rings. The van der Waals surface area contributed by atoms with Crippen LogP contribution in [0.5, 0.6) is 5.75 Å². The van der Waals surface area contributed by atoms with Gasteiger partial charge in [0.1, 0.15) is 22.7 Å². The van der Waals surface area contributed by atoms with E-state index in [0.29, 0.717) is 21.5 Å². The first-order chi connectivity index (χ1) is 12.1. The molecule has 0 aromatic heterocycles. The average Bonchev–Trinajstić information content (AvgIpc) is 2.96. The van der Waals surface area contributed by atoms with E-state index in [1.165, 1.54) is 11.8 Å². The summed E-state index contributed by atoms with van der Waals surface area (Å²) in [5, 5.41) is 3.21. The second kappa shape index (κ2) is 8.18. The maximum atomic E-state index is 12.1. The Bertz CT molecular complexity index is 811. The summed E-state index contributed by atoms with van der Waals surface area (Å²) in [5.74, 6) is 0.114. The Hall–Kier alpha value is -2.31. The molecular formula is C18H15ClN2O3S. The summed E-state index contributed by atoms with van der Waals surface area (Å²) in [6, 6.07) is 16.2. The normalized spacial score (nSPS) is 16.4. The number of ether oxygens (including phenoxy) is 1. The molecule has 5 nitrogen and oxygen atoms in total. The molecule has 7 heteroatoms. The number of aliphatic imine (C=N–C) groups is 1. The van der Waals surface area contributed by atoms with Gasteiger partial charge in [-0.25, -0.2) is 4.99 Å². The number of hydrogen-bond acceptors (Lipinski definition) is 4. The standard InChI is InChI=1S/C18H15ClN2O3S/c19-13-8-4-5-9-14(13)20-16(22)10-15-18(23)21-17(25-15)11-24-12-6-2-1-3-7-12/h1-9,15H,10-11H2,(H,20,22)/t15-/m1/s1. The van der Waals surface area contributed by atoms with E-state index in [9.17, 15) is 9.59 Å². The van der Waals surface area contributed by atoms with Gasteiger partial charge in [0.2, 0.25) is 5.91 Å². The van der Waals surface area contributed by atoms with Crippen molar-refractivity contribution in [2.75, 3.05) is 11.9 Å². The lowest BCUT2D eigenvalue weighted by Gasteiger charge is -2.10. The van der Waals surface area contributed by atoms with Crippen molar-refractivity contribution in [2.45, 2.75) is 11.7 Å². The van der Waals surface area contributed by atoms with Crippen LogP contribution in [0.25, 0.3) is 0 Å². The number of carbonyl (C=O) groups excluding carboxylic acids is 2. The van der Waals surface area contributed by atoms with Gasteiger partial charge in [0, 0.05) is 6.42 Å². The van der Waals surface area contributed by atoms with Crippen LogP contribution in [0.3, 0.4) is 0 Å². The smallest absolute Gasteiger partial charge is 0.260 e. The molecule has 2 aromatic rings. The minimum absolute atomic E-state index is 0.0348. The Morgan fingerprint density at radius 2 is 1.88 bits per heavy atom. The molecule has 2 aromatic carbocycles. The van der Waals surface area contributed by atoms with Crippen molar-refractivity contribution in [3.63, 3.8) is 0 Å². The molecule has 0 unspecified atom stereocenters. The topological polar surface area (TPSA) is 67.8 Å². The zero-order chi connectivity index (χ0) is 17.6. The zero-order valence-corrected chi connectivity index (χ0v) is 14.7. The van der Waals surface area contributed by atoms with Gasteiger partial charge < -0.3 is 10.1 Å². The van der Waals surface area contributed by atoms with Gasteiger partial charge in [0.05, 0.1) is 10.7 Å². The molecule has 3 rings (SSSR count). The highest BCUT2D eigenvalue weighted by atomic mass is 35.5. The van der Waals surface area contributed by atoms with Crippen molar-refractivity contribution in [1.82, 2.24) is 0 Å². The van der Waals surface area contributed by atoms with E-state index >= 15 is 0 Å². The quantitative estimate of drug-likeness (QED) is 0.835. The second-order valence-electron chi connectivity index (χ2n) is 5.28. The third-order valence-corrected chi connectivity index (χ3v) is 4.88. The van der Waals surface area contributed by atoms with Gasteiger partial charge >= 0.3 is 0 Å². The number of nitrogens with zero attached hydrogens (tertiary/aromatic N) is 1. The molecule has 0 bridgehead atoms. The molecule has 1 aliphatic rings. The molecule has 1 N–H and O–H groups in total. The summed E-state index contributed by atoms with van der Waals surface area (Å²) in [6.45, 7) is 0.211. The van der Waals surface area contributed by atoms with Crippen LogP contribution in [0.1, 0.15) is 6.42 Å². The highest BCUT2D eigenvalue weighted by Crippen LogP contribution is 2.27. The molecule has 0 aliphatic carbocycles. The van der Waals surface area contributed by atoms with Gasteiger partial charge in [0.25, 0.3) is 5.91 Å². The second-order valence-corrected chi connectivity index (χ2v) is 6.97. The Kier molecular flexibility index (Phi) is 5.73. The van der Waals surface area contributed by atoms with Crippen molar-refractivity contribution < 1.29 is 14.3 Å². The van der Waals surface area contributed by atoms with Crippen LogP contribution in [0, 0.1) is 0 Å². The molecule has 0 saturated carbocycles. The fourth-order valence-corrected chi connectivity index (χ4v) is 3.39. The monoisotopic (exact) mass is 374 g/mol. The van der Waals surface area contributed by atoms with Crippen LogP contribution >= 0.6 is 23.4 Å². The Morgan fingerprint density at radius 1 is 1.16 bits per heavy atom. The van der Waals surface area contributed by atoms with Gasteiger partial charge in [-0.1, -0.05) is 53.7 Å². The van der Waals surface area contributed by atoms with Crippen LogP contribution in [0.15, 0.2) is 59.6 Å². The predicted molar refractivity (Wildman–Crippen MR) is 100 cm³/mol. The van der Waals surface area contributed by atoms with E-state index < -0.39 is 5.25 Å². The van der Waals surface area contributed by atoms with Gasteiger partial charge in [-0.05, 0) is 24.3 Å². The van der Waals surface area contributed by atoms with Gasteiger partial charge in [-0.15, -0.1) is 0 Å². The van der Waals surface area contributed by atoms with Crippen LogP contribution in [-0.2, 0) is 9.59 Å². The number of nitrogens with one attached hydrogen (secondary N) is 1. The van der Waals surface area contributed by atoms with Gasteiger partial charge in [-0.2, -0.15) is 0 Å². The molecule has 25 heavy (non-hydrogen) atoms. The first-order valence-corrected chi connectivity index (χ1v) is 8.88.